The minimum Gasteiger partial charge on any atom is -0.355 e. The van der Waals surface area contributed by atoms with Crippen molar-refractivity contribution in [2.45, 2.75) is 23.8 Å². The maximum atomic E-state index is 5.51. The number of nitrogens with one attached hydrogen (secondary N) is 1. The van der Waals surface area contributed by atoms with E-state index >= 15 is 0 Å². The van der Waals surface area contributed by atoms with Crippen LogP contribution in [0.1, 0.15) is 12.0 Å². The highest BCUT2D eigenvalue weighted by molar-refractivity contribution is 8.01. The van der Waals surface area contributed by atoms with E-state index in [0.29, 0.717) is 6.79 Å². The number of hydrogen-bond donors (Lipinski definition) is 1. The highest BCUT2D eigenvalue weighted by Crippen LogP contribution is 2.29. The highest BCUT2D eigenvalue weighted by Gasteiger charge is 2.15. The molecule has 112 valence electrons. The Hall–Kier alpha value is -1.15. The molecule has 1 aliphatic rings. The summed E-state index contributed by atoms with van der Waals surface area (Å²) in [5.74, 6) is 0.891. The summed E-state index contributed by atoms with van der Waals surface area (Å²) >= 11 is 3.25. The molecule has 0 amide bonds. The van der Waals surface area contributed by atoms with Crippen molar-refractivity contribution in [1.82, 2.24) is 10.2 Å². The van der Waals surface area contributed by atoms with Crippen LogP contribution in [0.5, 0.6) is 0 Å². The molecule has 21 heavy (non-hydrogen) atoms. The SMILES string of the molecule is Cc1cccc(Nc2nnc(SC[C@@H]3CCOCO3)s2)c1. The lowest BCUT2D eigenvalue weighted by Crippen LogP contribution is -2.25. The Balaban J connectivity index is 1.53. The van der Waals surface area contributed by atoms with Crippen LogP contribution in [0.3, 0.4) is 0 Å². The molecule has 1 aromatic heterocycles. The van der Waals surface area contributed by atoms with Crippen molar-refractivity contribution in [1.29, 1.82) is 0 Å². The van der Waals surface area contributed by atoms with Crippen molar-refractivity contribution in [2.75, 3.05) is 24.5 Å². The second kappa shape index (κ2) is 7.22. The summed E-state index contributed by atoms with van der Waals surface area (Å²) < 4.78 is 11.6. The third-order valence-corrected chi connectivity index (χ3v) is 5.14. The summed E-state index contributed by atoms with van der Waals surface area (Å²) in [5, 5.41) is 12.5. The molecule has 2 aromatic rings. The molecule has 0 saturated carbocycles. The van der Waals surface area contributed by atoms with Crippen LogP contribution in [0.2, 0.25) is 0 Å². The summed E-state index contributed by atoms with van der Waals surface area (Å²) in [4.78, 5) is 0. The molecule has 3 rings (SSSR count). The van der Waals surface area contributed by atoms with E-state index in [-0.39, 0.29) is 6.10 Å². The number of ether oxygens (including phenoxy) is 2. The van der Waals surface area contributed by atoms with Crippen molar-refractivity contribution in [3.8, 4) is 0 Å². The third-order valence-electron chi connectivity index (χ3n) is 3.04. The van der Waals surface area contributed by atoms with Gasteiger partial charge >= 0.3 is 0 Å². The average Bonchev–Trinajstić information content (AvgIpc) is 2.94. The van der Waals surface area contributed by atoms with Gasteiger partial charge < -0.3 is 14.8 Å². The molecular weight excluding hydrogens is 306 g/mol. The van der Waals surface area contributed by atoms with Crippen LogP contribution < -0.4 is 5.32 Å². The lowest BCUT2D eigenvalue weighted by Gasteiger charge is -2.21. The van der Waals surface area contributed by atoms with Crippen molar-refractivity contribution in [3.05, 3.63) is 29.8 Å². The zero-order valence-electron chi connectivity index (χ0n) is 11.7. The molecule has 1 fully saturated rings. The fourth-order valence-electron chi connectivity index (χ4n) is 1.96. The molecule has 0 bridgehead atoms. The number of hydrogen-bond acceptors (Lipinski definition) is 7. The van der Waals surface area contributed by atoms with E-state index in [1.165, 1.54) is 5.56 Å². The van der Waals surface area contributed by atoms with Crippen molar-refractivity contribution in [2.24, 2.45) is 0 Å². The summed E-state index contributed by atoms with van der Waals surface area (Å²) in [6, 6.07) is 8.21. The maximum Gasteiger partial charge on any atom is 0.210 e. The van der Waals surface area contributed by atoms with E-state index in [2.05, 4.69) is 34.6 Å². The molecule has 7 heteroatoms. The zero-order chi connectivity index (χ0) is 14.5. The first-order valence-corrected chi connectivity index (χ1v) is 8.59. The minimum absolute atomic E-state index is 0.251. The molecule has 1 N–H and O–H groups in total. The predicted octanol–water partition coefficient (Wildman–Crippen LogP) is 3.45. The summed E-state index contributed by atoms with van der Waals surface area (Å²) in [6.45, 7) is 3.25. The maximum absolute atomic E-state index is 5.51. The molecule has 1 atom stereocenters. The second-order valence-electron chi connectivity index (χ2n) is 4.78. The Kier molecular flexibility index (Phi) is 5.08. The molecule has 2 heterocycles. The van der Waals surface area contributed by atoms with Crippen LogP contribution in [0, 0.1) is 6.92 Å². The molecule has 5 nitrogen and oxygen atoms in total. The van der Waals surface area contributed by atoms with E-state index in [4.69, 9.17) is 9.47 Å². The Labute approximate surface area is 132 Å². The largest absolute Gasteiger partial charge is 0.355 e. The quantitative estimate of drug-likeness (QED) is 0.851. The number of rotatable bonds is 5. The van der Waals surface area contributed by atoms with Crippen LogP contribution in [0.15, 0.2) is 28.6 Å². The number of aromatic nitrogens is 2. The van der Waals surface area contributed by atoms with Gasteiger partial charge in [-0.1, -0.05) is 35.2 Å². The van der Waals surface area contributed by atoms with Gasteiger partial charge in [-0.2, -0.15) is 0 Å². The molecule has 0 spiro atoms. The Morgan fingerprint density at radius 1 is 1.43 bits per heavy atom. The van der Waals surface area contributed by atoms with Crippen LogP contribution in [-0.2, 0) is 9.47 Å². The van der Waals surface area contributed by atoms with Crippen LogP contribution >= 0.6 is 23.1 Å². The van der Waals surface area contributed by atoms with Gasteiger partial charge in [-0.05, 0) is 31.0 Å². The second-order valence-corrected chi connectivity index (χ2v) is 7.03. The number of anilines is 2. The molecular formula is C14H17N3O2S2. The highest BCUT2D eigenvalue weighted by atomic mass is 32.2. The molecule has 1 aliphatic heterocycles. The van der Waals surface area contributed by atoms with Gasteiger partial charge in [-0.3, -0.25) is 0 Å². The average molecular weight is 323 g/mol. The van der Waals surface area contributed by atoms with E-state index in [9.17, 15) is 0 Å². The number of benzene rings is 1. The van der Waals surface area contributed by atoms with E-state index < -0.39 is 0 Å². The predicted molar refractivity (Wildman–Crippen MR) is 85.4 cm³/mol. The fraction of sp³-hybridized carbons (Fsp3) is 0.429. The lowest BCUT2D eigenvalue weighted by molar-refractivity contribution is -0.130. The molecule has 1 saturated heterocycles. The van der Waals surface area contributed by atoms with Crippen molar-refractivity contribution >= 4 is 33.9 Å². The number of thioether (sulfide) groups is 1. The van der Waals surface area contributed by atoms with E-state index in [1.807, 2.05) is 12.1 Å². The van der Waals surface area contributed by atoms with Crippen LogP contribution in [-0.4, -0.2) is 35.5 Å². The first-order valence-electron chi connectivity index (χ1n) is 6.79. The fourth-order valence-corrected chi connectivity index (χ4v) is 3.83. The van der Waals surface area contributed by atoms with Crippen molar-refractivity contribution < 1.29 is 9.47 Å². The smallest absolute Gasteiger partial charge is 0.210 e. The van der Waals surface area contributed by atoms with Crippen LogP contribution in [0.4, 0.5) is 10.8 Å². The number of nitrogens with zero attached hydrogens (tertiary/aromatic N) is 2. The van der Waals surface area contributed by atoms with Gasteiger partial charge in [0.2, 0.25) is 5.13 Å². The Bertz CT molecular complexity index is 585. The van der Waals surface area contributed by atoms with E-state index in [1.54, 1.807) is 23.1 Å². The third kappa shape index (κ3) is 4.41. The van der Waals surface area contributed by atoms with Crippen LogP contribution in [0.25, 0.3) is 0 Å². The van der Waals surface area contributed by atoms with Gasteiger partial charge in [0, 0.05) is 11.4 Å². The number of aryl methyl sites for hydroxylation is 1. The van der Waals surface area contributed by atoms with Gasteiger partial charge in [0.15, 0.2) is 4.34 Å². The van der Waals surface area contributed by atoms with Gasteiger partial charge in [0.1, 0.15) is 6.79 Å². The molecule has 0 unspecified atom stereocenters. The normalized spacial score (nSPS) is 18.6. The van der Waals surface area contributed by atoms with Crippen molar-refractivity contribution in [3.63, 3.8) is 0 Å². The Morgan fingerprint density at radius 2 is 2.38 bits per heavy atom. The minimum atomic E-state index is 0.251. The standard InChI is InChI=1S/C14H17N3O2S2/c1-10-3-2-4-11(7-10)15-13-16-17-14(21-13)20-8-12-5-6-18-9-19-12/h2-4,7,12H,5-6,8-9H2,1H3,(H,15,16)/t12-/m0/s1. The lowest BCUT2D eigenvalue weighted by atomic mass is 10.2. The topological polar surface area (TPSA) is 56.3 Å². The van der Waals surface area contributed by atoms with E-state index in [0.717, 1.165) is 33.9 Å². The van der Waals surface area contributed by atoms with Gasteiger partial charge in [-0.25, -0.2) is 0 Å². The zero-order valence-corrected chi connectivity index (χ0v) is 13.4. The first-order chi connectivity index (χ1) is 10.3. The summed E-state index contributed by atoms with van der Waals surface area (Å²) in [5.41, 5.74) is 2.26. The monoisotopic (exact) mass is 323 g/mol. The van der Waals surface area contributed by atoms with Gasteiger partial charge in [0.05, 0.1) is 12.7 Å². The van der Waals surface area contributed by atoms with Gasteiger partial charge in [0.25, 0.3) is 0 Å². The Morgan fingerprint density at radius 3 is 3.19 bits per heavy atom. The van der Waals surface area contributed by atoms with Gasteiger partial charge in [-0.15, -0.1) is 10.2 Å². The molecule has 0 aliphatic carbocycles. The molecule has 0 radical (unpaired) electrons. The summed E-state index contributed by atoms with van der Waals surface area (Å²) in [6.07, 6.45) is 1.20. The summed E-state index contributed by atoms with van der Waals surface area (Å²) in [7, 11) is 0. The first kappa shape index (κ1) is 14.8. The molecule has 1 aromatic carbocycles.